The zero-order valence-electron chi connectivity index (χ0n) is 10.3. The molecule has 0 aliphatic carbocycles. The van der Waals surface area contributed by atoms with Gasteiger partial charge in [0.2, 0.25) is 11.8 Å². The molecule has 0 atom stereocenters. The van der Waals surface area contributed by atoms with Crippen molar-refractivity contribution in [1.29, 1.82) is 0 Å². The van der Waals surface area contributed by atoms with Crippen molar-refractivity contribution in [3.8, 4) is 5.88 Å². The summed E-state index contributed by atoms with van der Waals surface area (Å²) in [7, 11) is 0. The molecule has 17 heavy (non-hydrogen) atoms. The summed E-state index contributed by atoms with van der Waals surface area (Å²) in [6, 6.07) is 2.26. The Morgan fingerprint density at radius 2 is 2.29 bits per heavy atom. The number of nitrogens with zero attached hydrogens (tertiary/aromatic N) is 2. The number of hydrogen-bond acceptors (Lipinski definition) is 5. The lowest BCUT2D eigenvalue weighted by Gasteiger charge is -2.23. The summed E-state index contributed by atoms with van der Waals surface area (Å²) in [6.45, 7) is 4.90. The summed E-state index contributed by atoms with van der Waals surface area (Å²) in [4.78, 5) is 8.56. The molecule has 0 amide bonds. The van der Waals surface area contributed by atoms with E-state index in [1.54, 1.807) is 12.3 Å². The quantitative estimate of drug-likeness (QED) is 0.810. The predicted octanol–water partition coefficient (Wildman–Crippen LogP) is 1.43. The second kappa shape index (κ2) is 6.39. The molecule has 94 valence electrons. The first-order chi connectivity index (χ1) is 8.38. The van der Waals surface area contributed by atoms with E-state index in [4.69, 9.17) is 4.74 Å². The number of aromatic nitrogens is 2. The molecule has 1 aliphatic heterocycles. The lowest BCUT2D eigenvalue weighted by atomic mass is 10.1. The minimum Gasteiger partial charge on any atom is -0.478 e. The molecular weight excluding hydrogens is 216 g/mol. The van der Waals surface area contributed by atoms with Crippen LogP contribution >= 0.6 is 0 Å². The van der Waals surface area contributed by atoms with E-state index in [9.17, 15) is 0 Å². The Labute approximate surface area is 102 Å². The number of hydrogen-bond donors (Lipinski definition) is 2. The van der Waals surface area contributed by atoms with E-state index in [0.29, 0.717) is 24.5 Å². The first-order valence-electron chi connectivity index (χ1n) is 6.31. The Balaban J connectivity index is 1.90. The van der Waals surface area contributed by atoms with Crippen LogP contribution in [0.1, 0.15) is 26.2 Å². The minimum atomic E-state index is 0.470. The van der Waals surface area contributed by atoms with Crippen LogP contribution in [0.3, 0.4) is 0 Å². The average Bonchev–Trinajstić information content (AvgIpc) is 2.38. The fraction of sp³-hybridized carbons (Fsp3) is 0.667. The molecular formula is C12H20N4O. The maximum absolute atomic E-state index is 5.48. The number of ether oxygens (including phenoxy) is 1. The van der Waals surface area contributed by atoms with Crippen LogP contribution in [0.2, 0.25) is 0 Å². The van der Waals surface area contributed by atoms with Crippen molar-refractivity contribution < 1.29 is 4.74 Å². The van der Waals surface area contributed by atoms with Gasteiger partial charge in [-0.05, 0) is 32.4 Å². The van der Waals surface area contributed by atoms with Gasteiger partial charge >= 0.3 is 0 Å². The van der Waals surface area contributed by atoms with E-state index in [1.807, 2.05) is 0 Å². The average molecular weight is 236 g/mol. The summed E-state index contributed by atoms with van der Waals surface area (Å²) < 4.78 is 5.48. The van der Waals surface area contributed by atoms with Crippen LogP contribution in [0.15, 0.2) is 12.3 Å². The van der Waals surface area contributed by atoms with Gasteiger partial charge in [-0.1, -0.05) is 6.92 Å². The molecule has 0 spiro atoms. The molecule has 2 rings (SSSR count). The molecule has 0 bridgehead atoms. The Bertz CT molecular complexity index is 339. The second-order valence-electron chi connectivity index (χ2n) is 4.24. The first-order valence-corrected chi connectivity index (χ1v) is 6.31. The maximum Gasteiger partial charge on any atom is 0.226 e. The molecule has 0 radical (unpaired) electrons. The van der Waals surface area contributed by atoms with Gasteiger partial charge in [-0.2, -0.15) is 4.98 Å². The molecule has 1 aliphatic rings. The lowest BCUT2D eigenvalue weighted by molar-refractivity contribution is 0.305. The van der Waals surface area contributed by atoms with Gasteiger partial charge in [0.1, 0.15) is 0 Å². The highest BCUT2D eigenvalue weighted by atomic mass is 16.5. The summed E-state index contributed by atoms with van der Waals surface area (Å²) >= 11 is 0. The smallest absolute Gasteiger partial charge is 0.226 e. The standard InChI is InChI=1S/C12H20N4O/c1-2-9-17-11-5-8-14-12(16-11)15-10-3-6-13-7-4-10/h5,8,10,13H,2-4,6-7,9H2,1H3,(H,14,15,16). The first kappa shape index (κ1) is 12.1. The second-order valence-corrected chi connectivity index (χ2v) is 4.24. The zero-order chi connectivity index (χ0) is 11.9. The van der Waals surface area contributed by atoms with E-state index in [1.165, 1.54) is 0 Å². The van der Waals surface area contributed by atoms with Gasteiger partial charge in [-0.3, -0.25) is 0 Å². The third-order valence-electron chi connectivity index (χ3n) is 2.76. The van der Waals surface area contributed by atoms with Crippen LogP contribution in [0.5, 0.6) is 5.88 Å². The van der Waals surface area contributed by atoms with E-state index < -0.39 is 0 Å². The molecule has 5 heteroatoms. The Kier molecular flexibility index (Phi) is 4.55. The van der Waals surface area contributed by atoms with Crippen molar-refractivity contribution in [2.75, 3.05) is 25.0 Å². The highest BCUT2D eigenvalue weighted by Gasteiger charge is 2.13. The largest absolute Gasteiger partial charge is 0.478 e. The molecule has 0 saturated carbocycles. The van der Waals surface area contributed by atoms with Crippen molar-refractivity contribution in [2.45, 2.75) is 32.2 Å². The third kappa shape index (κ3) is 3.85. The Morgan fingerprint density at radius 3 is 3.06 bits per heavy atom. The Morgan fingerprint density at radius 1 is 1.47 bits per heavy atom. The molecule has 5 nitrogen and oxygen atoms in total. The van der Waals surface area contributed by atoms with E-state index in [0.717, 1.165) is 32.4 Å². The monoisotopic (exact) mass is 236 g/mol. The van der Waals surface area contributed by atoms with E-state index >= 15 is 0 Å². The van der Waals surface area contributed by atoms with Gasteiger partial charge in [0.05, 0.1) is 6.61 Å². The van der Waals surface area contributed by atoms with Crippen LogP contribution in [0.25, 0.3) is 0 Å². The van der Waals surface area contributed by atoms with Gasteiger partial charge in [0, 0.05) is 18.3 Å². The number of nitrogens with one attached hydrogen (secondary N) is 2. The molecule has 2 heterocycles. The van der Waals surface area contributed by atoms with Crippen LogP contribution in [-0.2, 0) is 0 Å². The molecule has 0 aromatic carbocycles. The van der Waals surface area contributed by atoms with Gasteiger partial charge in [-0.25, -0.2) is 4.98 Å². The fourth-order valence-corrected chi connectivity index (χ4v) is 1.85. The van der Waals surface area contributed by atoms with Crippen molar-refractivity contribution in [2.24, 2.45) is 0 Å². The molecule has 1 fully saturated rings. The highest BCUT2D eigenvalue weighted by Crippen LogP contribution is 2.12. The Hall–Kier alpha value is -1.36. The van der Waals surface area contributed by atoms with Crippen LogP contribution in [-0.4, -0.2) is 35.7 Å². The van der Waals surface area contributed by atoms with Gasteiger partial charge in [0.25, 0.3) is 0 Å². The highest BCUT2D eigenvalue weighted by molar-refractivity contribution is 5.29. The summed E-state index contributed by atoms with van der Waals surface area (Å²) in [6.07, 6.45) is 4.95. The fourth-order valence-electron chi connectivity index (χ4n) is 1.85. The summed E-state index contributed by atoms with van der Waals surface area (Å²) in [5, 5.41) is 6.69. The van der Waals surface area contributed by atoms with Crippen LogP contribution in [0.4, 0.5) is 5.95 Å². The SMILES string of the molecule is CCCOc1ccnc(NC2CCNCC2)n1. The van der Waals surface area contributed by atoms with E-state index in [2.05, 4.69) is 27.5 Å². The number of anilines is 1. The van der Waals surface area contributed by atoms with Crippen molar-refractivity contribution in [1.82, 2.24) is 15.3 Å². The van der Waals surface area contributed by atoms with Crippen LogP contribution < -0.4 is 15.4 Å². The zero-order valence-corrected chi connectivity index (χ0v) is 10.3. The normalized spacial score (nSPS) is 16.8. The van der Waals surface area contributed by atoms with Crippen molar-refractivity contribution in [3.63, 3.8) is 0 Å². The topological polar surface area (TPSA) is 59.1 Å². The number of piperidine rings is 1. The number of rotatable bonds is 5. The molecule has 0 unspecified atom stereocenters. The van der Waals surface area contributed by atoms with Crippen molar-refractivity contribution >= 4 is 5.95 Å². The summed E-state index contributed by atoms with van der Waals surface area (Å²) in [5.74, 6) is 1.32. The maximum atomic E-state index is 5.48. The minimum absolute atomic E-state index is 0.470. The predicted molar refractivity (Wildman–Crippen MR) is 67.3 cm³/mol. The molecule has 1 aromatic rings. The van der Waals surface area contributed by atoms with Crippen LogP contribution in [0, 0.1) is 0 Å². The third-order valence-corrected chi connectivity index (χ3v) is 2.76. The van der Waals surface area contributed by atoms with Gasteiger partial charge in [-0.15, -0.1) is 0 Å². The van der Waals surface area contributed by atoms with E-state index in [-0.39, 0.29) is 0 Å². The summed E-state index contributed by atoms with van der Waals surface area (Å²) in [5.41, 5.74) is 0. The lowest BCUT2D eigenvalue weighted by Crippen LogP contribution is -2.35. The molecule has 1 saturated heterocycles. The molecule has 1 aromatic heterocycles. The van der Waals surface area contributed by atoms with Gasteiger partial charge in [0.15, 0.2) is 0 Å². The van der Waals surface area contributed by atoms with Crippen molar-refractivity contribution in [3.05, 3.63) is 12.3 Å². The molecule has 2 N–H and O–H groups in total. The van der Waals surface area contributed by atoms with Gasteiger partial charge < -0.3 is 15.4 Å².